The van der Waals surface area contributed by atoms with Gasteiger partial charge < -0.3 is 4.74 Å². The summed E-state index contributed by atoms with van der Waals surface area (Å²) in [6.07, 6.45) is 4.08. The van der Waals surface area contributed by atoms with E-state index in [-0.39, 0.29) is 22.5 Å². The fourth-order valence-corrected chi connectivity index (χ4v) is 8.34. The first kappa shape index (κ1) is 29.6. The minimum absolute atomic E-state index is 0.0489. The molecule has 4 aromatic rings. The van der Waals surface area contributed by atoms with Crippen LogP contribution in [-0.4, -0.2) is 28.2 Å². The molecule has 1 aliphatic rings. The van der Waals surface area contributed by atoms with Crippen molar-refractivity contribution in [1.29, 1.82) is 0 Å². The number of nitrogens with zero attached hydrogens (tertiary/aromatic N) is 2. The lowest BCUT2D eigenvalue weighted by Gasteiger charge is -2.36. The fraction of sp³-hybridized carbons (Fsp3) is 0.441. The number of carbonyl (C=O) groups is 1. The number of rotatable bonds is 8. The van der Waals surface area contributed by atoms with Gasteiger partial charge in [-0.25, -0.2) is 4.98 Å². The van der Waals surface area contributed by atoms with E-state index in [2.05, 4.69) is 26.8 Å². The number of para-hydroxylation sites is 2. The topological polar surface area (TPSA) is 61.2 Å². The molecule has 0 amide bonds. The molecule has 0 aliphatic heterocycles. The Morgan fingerprint density at radius 1 is 1.15 bits per heavy atom. The second-order valence-electron chi connectivity index (χ2n) is 12.0. The van der Waals surface area contributed by atoms with Crippen molar-refractivity contribution in [3.05, 3.63) is 78.9 Å². The van der Waals surface area contributed by atoms with Crippen molar-refractivity contribution >= 4 is 39.1 Å². The number of hydrogen-bond acceptors (Lipinski definition) is 6. The maximum absolute atomic E-state index is 14.4. The smallest absolute Gasteiger partial charge is 0.267 e. The Morgan fingerprint density at radius 3 is 2.49 bits per heavy atom. The number of methoxy groups -OCH3 is 1. The standard InChI is InChI=1S/C34H40N2O3S2/c1-9-34(6,7)23-14-15-24-28(17-23)41-31-30(24)32(38)36(25-12-10-11-13-27(25)39-8)33(35-31)40-18-26(37)29-21(4)19(2)16-20(3)22(29)5/h10-13,16,23H,9,14-15,17-18H2,1-8H3/t23-/m1/s1. The van der Waals surface area contributed by atoms with Crippen LogP contribution in [0.3, 0.4) is 0 Å². The molecule has 2 heterocycles. The molecule has 0 saturated heterocycles. The van der Waals surface area contributed by atoms with Crippen LogP contribution in [-0.2, 0) is 12.8 Å². The number of thiophene rings is 1. The van der Waals surface area contributed by atoms with Gasteiger partial charge in [-0.2, -0.15) is 0 Å². The quantitative estimate of drug-likeness (QED) is 0.118. The van der Waals surface area contributed by atoms with Gasteiger partial charge in [0.15, 0.2) is 10.9 Å². The van der Waals surface area contributed by atoms with Crippen molar-refractivity contribution in [3.63, 3.8) is 0 Å². The van der Waals surface area contributed by atoms with E-state index in [1.54, 1.807) is 23.0 Å². The molecule has 0 bridgehead atoms. The Balaban J connectivity index is 1.62. The number of fused-ring (bicyclic) bond motifs is 3. The molecule has 41 heavy (non-hydrogen) atoms. The van der Waals surface area contributed by atoms with Gasteiger partial charge in [0, 0.05) is 10.4 Å². The summed E-state index contributed by atoms with van der Waals surface area (Å²) < 4.78 is 7.33. The lowest BCUT2D eigenvalue weighted by molar-refractivity contribution is 0.102. The minimum Gasteiger partial charge on any atom is -0.495 e. The zero-order valence-electron chi connectivity index (χ0n) is 25.4. The number of ketones is 1. The summed E-state index contributed by atoms with van der Waals surface area (Å²) in [5.74, 6) is 1.42. The molecule has 2 aromatic carbocycles. The lowest BCUT2D eigenvalue weighted by Crippen LogP contribution is -2.29. The number of benzene rings is 2. The number of thioether (sulfide) groups is 1. The highest BCUT2D eigenvalue weighted by Gasteiger charge is 2.34. The van der Waals surface area contributed by atoms with Gasteiger partial charge in [0.05, 0.1) is 23.9 Å². The normalized spacial score (nSPS) is 15.3. The number of ether oxygens (including phenoxy) is 1. The van der Waals surface area contributed by atoms with Crippen molar-refractivity contribution in [1.82, 2.24) is 9.55 Å². The van der Waals surface area contributed by atoms with E-state index < -0.39 is 0 Å². The van der Waals surface area contributed by atoms with Gasteiger partial charge in [0.25, 0.3) is 5.56 Å². The summed E-state index contributed by atoms with van der Waals surface area (Å²) in [7, 11) is 1.61. The molecule has 0 spiro atoms. The summed E-state index contributed by atoms with van der Waals surface area (Å²) in [5, 5.41) is 1.24. The summed E-state index contributed by atoms with van der Waals surface area (Å²) in [6.45, 7) is 15.1. The molecule has 0 N–H and O–H groups in total. The first-order chi connectivity index (χ1) is 19.5. The van der Waals surface area contributed by atoms with Crippen molar-refractivity contribution in [3.8, 4) is 11.4 Å². The first-order valence-electron chi connectivity index (χ1n) is 14.4. The van der Waals surface area contributed by atoms with Crippen LogP contribution in [0, 0.1) is 39.0 Å². The molecule has 0 radical (unpaired) electrons. The summed E-state index contributed by atoms with van der Waals surface area (Å²) >= 11 is 2.99. The van der Waals surface area contributed by atoms with E-state index in [9.17, 15) is 9.59 Å². The molecule has 1 aliphatic carbocycles. The molecule has 5 rings (SSSR count). The third kappa shape index (κ3) is 5.27. The lowest BCUT2D eigenvalue weighted by atomic mass is 9.70. The van der Waals surface area contributed by atoms with Gasteiger partial charge >= 0.3 is 0 Å². The molecule has 0 unspecified atom stereocenters. The molecule has 216 valence electrons. The van der Waals surface area contributed by atoms with Gasteiger partial charge in [-0.15, -0.1) is 11.3 Å². The van der Waals surface area contributed by atoms with Crippen molar-refractivity contribution < 1.29 is 9.53 Å². The van der Waals surface area contributed by atoms with E-state index in [0.29, 0.717) is 22.5 Å². The average molecular weight is 589 g/mol. The van der Waals surface area contributed by atoms with Crippen LogP contribution in [0.25, 0.3) is 15.9 Å². The Kier molecular flexibility index (Phi) is 8.23. The molecular weight excluding hydrogens is 549 g/mol. The number of Topliss-reactive ketones (excluding diaryl/α,β-unsaturated/α-hetero) is 1. The molecule has 5 nitrogen and oxygen atoms in total. The van der Waals surface area contributed by atoms with Crippen LogP contribution < -0.4 is 10.3 Å². The molecule has 2 aromatic heterocycles. The van der Waals surface area contributed by atoms with E-state index >= 15 is 0 Å². The molecule has 0 fully saturated rings. The summed E-state index contributed by atoms with van der Waals surface area (Å²) in [5.41, 5.74) is 7.00. The zero-order valence-corrected chi connectivity index (χ0v) is 27.1. The molecule has 7 heteroatoms. The highest BCUT2D eigenvalue weighted by Crippen LogP contribution is 2.44. The van der Waals surface area contributed by atoms with Gasteiger partial charge in [-0.1, -0.05) is 57.2 Å². The van der Waals surface area contributed by atoms with E-state index in [1.165, 1.54) is 16.6 Å². The van der Waals surface area contributed by atoms with E-state index in [1.807, 2.05) is 52.0 Å². The Hall–Kier alpha value is -2.90. The monoisotopic (exact) mass is 588 g/mol. The molecule has 1 atom stereocenters. The number of aromatic nitrogens is 2. The highest BCUT2D eigenvalue weighted by molar-refractivity contribution is 7.99. The van der Waals surface area contributed by atoms with E-state index in [0.717, 1.165) is 69.3 Å². The van der Waals surface area contributed by atoms with Gasteiger partial charge in [0.2, 0.25) is 0 Å². The van der Waals surface area contributed by atoms with Crippen molar-refractivity contribution in [2.75, 3.05) is 12.9 Å². The predicted octanol–water partition coefficient (Wildman–Crippen LogP) is 8.21. The van der Waals surface area contributed by atoms with Gasteiger partial charge in [0.1, 0.15) is 10.6 Å². The average Bonchev–Trinajstić information content (AvgIpc) is 3.33. The van der Waals surface area contributed by atoms with Crippen LogP contribution in [0.2, 0.25) is 0 Å². The van der Waals surface area contributed by atoms with Crippen molar-refractivity contribution in [2.24, 2.45) is 11.3 Å². The summed E-state index contributed by atoms with van der Waals surface area (Å²) in [6, 6.07) is 9.67. The number of aryl methyl sites for hydroxylation is 3. The third-order valence-corrected chi connectivity index (χ3v) is 11.5. The Bertz CT molecular complexity index is 1690. The fourth-order valence-electron chi connectivity index (χ4n) is 6.12. The second kappa shape index (κ2) is 11.4. The van der Waals surface area contributed by atoms with Gasteiger partial charge in [-0.05, 0) is 98.2 Å². The first-order valence-corrected chi connectivity index (χ1v) is 16.2. The highest BCUT2D eigenvalue weighted by atomic mass is 32.2. The van der Waals surface area contributed by atoms with Crippen LogP contribution >= 0.6 is 23.1 Å². The van der Waals surface area contributed by atoms with Crippen LogP contribution in [0.1, 0.15) is 76.7 Å². The second-order valence-corrected chi connectivity index (χ2v) is 14.0. The van der Waals surface area contributed by atoms with Crippen LogP contribution in [0.5, 0.6) is 5.75 Å². The SMILES string of the molecule is CCC(C)(C)[C@@H]1CCc2c(sc3nc(SCC(=O)c4c(C)c(C)cc(C)c4C)n(-c4ccccc4OC)c(=O)c23)C1. The van der Waals surface area contributed by atoms with Crippen LogP contribution in [0.15, 0.2) is 40.3 Å². The number of carbonyl (C=O) groups excluding carboxylic acids is 1. The molecular formula is C34H40N2O3S2. The summed E-state index contributed by atoms with van der Waals surface area (Å²) in [4.78, 5) is 35.2. The molecule has 0 saturated carbocycles. The third-order valence-electron chi connectivity index (χ3n) is 9.37. The maximum Gasteiger partial charge on any atom is 0.267 e. The van der Waals surface area contributed by atoms with Gasteiger partial charge in [-0.3, -0.25) is 14.2 Å². The maximum atomic E-state index is 14.4. The largest absolute Gasteiger partial charge is 0.495 e. The Labute approximate surface area is 251 Å². The minimum atomic E-state index is -0.0843. The predicted molar refractivity (Wildman–Crippen MR) is 172 cm³/mol. The zero-order chi connectivity index (χ0) is 29.6. The van der Waals surface area contributed by atoms with Crippen LogP contribution in [0.4, 0.5) is 0 Å². The van der Waals surface area contributed by atoms with Crippen molar-refractivity contribution in [2.45, 2.75) is 79.3 Å². The van der Waals surface area contributed by atoms with E-state index in [4.69, 9.17) is 9.72 Å². The number of hydrogen-bond donors (Lipinski definition) is 0. The Morgan fingerprint density at radius 2 is 1.83 bits per heavy atom.